The number of hydrogen-bond donors (Lipinski definition) is 2. The molecule has 0 aromatic heterocycles. The maximum Gasteiger partial charge on any atom is 0.405 e. The average molecular weight is 642 g/mol. The van der Waals surface area contributed by atoms with E-state index in [0.29, 0.717) is 15.6 Å². The molecule has 1 unspecified atom stereocenters. The Morgan fingerprint density at radius 2 is 1.60 bits per heavy atom. The Kier molecular flexibility index (Phi) is 10.4. The second kappa shape index (κ2) is 12.2. The van der Waals surface area contributed by atoms with E-state index in [1.807, 2.05) is 0 Å². The average Bonchev–Trinajstić information content (AvgIpc) is 2.73. The second-order valence-corrected chi connectivity index (χ2v) is 9.56. The number of benzene rings is 2. The maximum atomic E-state index is 13.6. The quantitative estimate of drug-likeness (QED) is 0.182. The molecule has 0 spiro atoms. The summed E-state index contributed by atoms with van der Waals surface area (Å²) >= 11 is 24.6. The molecule has 0 saturated carbocycles. The molecule has 2 aromatic carbocycles. The van der Waals surface area contributed by atoms with Crippen LogP contribution in [0.1, 0.15) is 22.6 Å². The van der Waals surface area contributed by atoms with Gasteiger partial charge in [0.1, 0.15) is 11.5 Å². The number of allylic oxidation sites excluding steroid dienone is 1. The topological polar surface area (TPSA) is 24.1 Å². The predicted octanol–water partition coefficient (Wildman–Crippen LogP) is 8.00. The van der Waals surface area contributed by atoms with Gasteiger partial charge in [-0.05, 0) is 29.3 Å². The minimum atomic E-state index is -4.71. The molecule has 0 aliphatic heterocycles. The molecule has 0 radical (unpaired) electrons. The third-order valence-electron chi connectivity index (χ3n) is 4.33. The molecule has 1 atom stereocenters. The van der Waals surface area contributed by atoms with E-state index in [9.17, 15) is 30.7 Å². The monoisotopic (exact) mass is 640 g/mol. The van der Waals surface area contributed by atoms with Gasteiger partial charge in [-0.1, -0.05) is 87.9 Å². The van der Waals surface area contributed by atoms with Crippen molar-refractivity contribution in [1.82, 2.24) is 10.6 Å². The molecule has 0 aliphatic carbocycles. The molecule has 2 nitrogen and oxygen atoms in total. The zero-order valence-corrected chi connectivity index (χ0v) is 21.9. The van der Waals surface area contributed by atoms with Crippen LogP contribution in [0.5, 0.6) is 0 Å². The van der Waals surface area contributed by atoms with Crippen LogP contribution in [-0.4, -0.2) is 35.4 Å². The van der Waals surface area contributed by atoms with Crippen LogP contribution in [0.3, 0.4) is 0 Å². The fraction of sp³-hybridized carbons (Fsp3) is 0.238. The van der Waals surface area contributed by atoms with Gasteiger partial charge in [0.25, 0.3) is 0 Å². The lowest BCUT2D eigenvalue weighted by Gasteiger charge is -2.18. The molecule has 0 fully saturated rings. The number of hydrogen-bond acceptors (Lipinski definition) is 2. The van der Waals surface area contributed by atoms with Gasteiger partial charge in [-0.2, -0.15) is 26.3 Å². The molecule has 0 amide bonds. The number of alkyl halides is 6. The van der Waals surface area contributed by atoms with Crippen molar-refractivity contribution in [2.24, 2.45) is 0 Å². The van der Waals surface area contributed by atoms with Crippen molar-refractivity contribution >= 4 is 79.6 Å². The van der Waals surface area contributed by atoms with Crippen molar-refractivity contribution in [2.75, 3.05) is 13.1 Å². The van der Waals surface area contributed by atoms with Gasteiger partial charge in [-0.3, -0.25) is 0 Å². The van der Waals surface area contributed by atoms with Crippen LogP contribution in [0.2, 0.25) is 10.0 Å². The van der Waals surface area contributed by atoms with Crippen LogP contribution in [0.25, 0.3) is 6.08 Å². The van der Waals surface area contributed by atoms with Crippen LogP contribution < -0.4 is 10.6 Å². The molecule has 190 valence electrons. The van der Waals surface area contributed by atoms with Gasteiger partial charge in [0, 0.05) is 10.0 Å². The van der Waals surface area contributed by atoms with Crippen molar-refractivity contribution in [1.29, 1.82) is 0 Å². The summed E-state index contributed by atoms with van der Waals surface area (Å²) in [6.07, 6.45) is -7.04. The number of halogens is 10. The van der Waals surface area contributed by atoms with Gasteiger partial charge in [0.05, 0.1) is 27.5 Å². The summed E-state index contributed by atoms with van der Waals surface area (Å²) in [6, 6.07) is 6.23. The third kappa shape index (κ3) is 9.16. The van der Waals surface area contributed by atoms with Crippen LogP contribution >= 0.6 is 63.6 Å². The van der Waals surface area contributed by atoms with Crippen molar-refractivity contribution in [3.63, 3.8) is 0 Å². The lowest BCUT2D eigenvalue weighted by atomic mass is 9.97. The Bertz CT molecular complexity index is 1110. The first-order valence-corrected chi connectivity index (χ1v) is 11.8. The van der Waals surface area contributed by atoms with Gasteiger partial charge in [-0.15, -0.1) is 0 Å². The lowest BCUT2D eigenvalue weighted by Crippen LogP contribution is -2.39. The van der Waals surface area contributed by atoms with Gasteiger partial charge in [0.15, 0.2) is 5.82 Å². The van der Waals surface area contributed by atoms with E-state index >= 15 is 0 Å². The Morgan fingerprint density at radius 1 is 1.00 bits per heavy atom. The van der Waals surface area contributed by atoms with Crippen LogP contribution in [0.4, 0.5) is 30.7 Å². The Morgan fingerprint density at radius 3 is 2.11 bits per heavy atom. The molecule has 0 bridgehead atoms. The summed E-state index contributed by atoms with van der Waals surface area (Å²) < 4.78 is 91.7. The molecule has 14 heteroatoms. The van der Waals surface area contributed by atoms with E-state index in [4.69, 9.17) is 47.6 Å². The van der Waals surface area contributed by atoms with E-state index in [1.165, 1.54) is 24.3 Å². The number of nitrogens with one attached hydrogen (secondary N) is 2. The summed E-state index contributed by atoms with van der Waals surface area (Å²) in [5, 5.41) is 3.70. The van der Waals surface area contributed by atoms with Crippen molar-refractivity contribution in [3.05, 3.63) is 73.4 Å². The standard InChI is InChI=1S/C21H14BrCl2F7N2S2/c22-14-5-10(1-3-12(14)19(35)32-8-17(34)33-9-20(26,27)28)2-4-13(21(29,30)31)11-6-15(23)18(25)16(24)7-11/h1-7,13H,8-9H2,(H,32,35)(H,33,34)/b4-2+. The summed E-state index contributed by atoms with van der Waals surface area (Å²) in [5.41, 5.74) is 0.487. The lowest BCUT2D eigenvalue weighted by molar-refractivity contribution is -0.139. The minimum Gasteiger partial charge on any atom is -0.369 e. The summed E-state index contributed by atoms with van der Waals surface area (Å²) in [6.45, 7) is -1.42. The Hall–Kier alpha value is -1.47. The van der Waals surface area contributed by atoms with E-state index in [-0.39, 0.29) is 22.1 Å². The highest BCUT2D eigenvalue weighted by molar-refractivity contribution is 9.10. The summed E-state index contributed by atoms with van der Waals surface area (Å²) in [5.74, 6) is -3.12. The zero-order chi connectivity index (χ0) is 26.6. The highest BCUT2D eigenvalue weighted by Crippen LogP contribution is 2.39. The van der Waals surface area contributed by atoms with E-state index in [0.717, 1.165) is 18.2 Å². The largest absolute Gasteiger partial charge is 0.405 e. The highest BCUT2D eigenvalue weighted by atomic mass is 79.9. The van der Waals surface area contributed by atoms with E-state index < -0.39 is 40.7 Å². The number of rotatable bonds is 7. The Labute approximate surface area is 225 Å². The summed E-state index contributed by atoms with van der Waals surface area (Å²) in [4.78, 5) is 0.0619. The van der Waals surface area contributed by atoms with Crippen molar-refractivity contribution in [3.8, 4) is 0 Å². The Balaban J connectivity index is 2.15. The molecule has 2 rings (SSSR count). The fourth-order valence-corrected chi connectivity index (χ4v) is 4.33. The summed E-state index contributed by atoms with van der Waals surface area (Å²) in [7, 11) is 0. The third-order valence-corrected chi connectivity index (χ3v) is 6.19. The SMILES string of the molecule is Fc1c(Cl)cc(C(/C=C/c2ccc(C(=S)NCC(=S)NCC(F)(F)F)c(Br)c2)C(F)(F)F)cc1Cl. The zero-order valence-electron chi connectivity index (χ0n) is 17.1. The molecule has 0 aliphatic rings. The van der Waals surface area contributed by atoms with Crippen LogP contribution in [-0.2, 0) is 0 Å². The molecule has 2 N–H and O–H groups in total. The normalized spacial score (nSPS) is 13.1. The van der Waals surface area contributed by atoms with E-state index in [1.54, 1.807) is 0 Å². The number of thiocarbonyl (C=S) groups is 2. The first kappa shape index (κ1) is 29.8. The van der Waals surface area contributed by atoms with Crippen molar-refractivity contribution in [2.45, 2.75) is 18.3 Å². The highest BCUT2D eigenvalue weighted by Gasteiger charge is 2.39. The molecular weight excluding hydrogens is 628 g/mol. The smallest absolute Gasteiger partial charge is 0.369 e. The first-order chi connectivity index (χ1) is 16.1. The molecule has 0 heterocycles. The van der Waals surface area contributed by atoms with Gasteiger partial charge in [0.2, 0.25) is 0 Å². The molecule has 35 heavy (non-hydrogen) atoms. The van der Waals surface area contributed by atoms with Gasteiger partial charge >= 0.3 is 12.4 Å². The first-order valence-electron chi connectivity index (χ1n) is 9.39. The van der Waals surface area contributed by atoms with Crippen LogP contribution in [0.15, 0.2) is 40.9 Å². The maximum absolute atomic E-state index is 13.6. The second-order valence-electron chi connectivity index (χ2n) is 6.99. The predicted molar refractivity (Wildman–Crippen MR) is 135 cm³/mol. The van der Waals surface area contributed by atoms with Gasteiger partial charge in [-0.25, -0.2) is 4.39 Å². The van der Waals surface area contributed by atoms with Gasteiger partial charge < -0.3 is 10.6 Å². The van der Waals surface area contributed by atoms with Crippen molar-refractivity contribution < 1.29 is 30.7 Å². The molecule has 0 saturated heterocycles. The fourth-order valence-electron chi connectivity index (χ4n) is 2.71. The minimum absolute atomic E-state index is 0.0976. The molecule has 2 aromatic rings. The van der Waals surface area contributed by atoms with Crippen LogP contribution in [0, 0.1) is 5.82 Å². The van der Waals surface area contributed by atoms with E-state index in [2.05, 4.69) is 26.6 Å². The molecular formula is C21H14BrCl2F7N2S2.